The summed E-state index contributed by atoms with van der Waals surface area (Å²) in [5, 5.41) is 12.0. The van der Waals surface area contributed by atoms with E-state index in [2.05, 4.69) is 9.97 Å². The largest absolute Gasteiger partial charge is 0.493 e. The molecule has 0 saturated heterocycles. The highest BCUT2D eigenvalue weighted by Crippen LogP contribution is 2.27. The maximum Gasteiger partial charge on any atom is 0.258 e. The Balaban J connectivity index is 2.49. The van der Waals surface area contributed by atoms with Gasteiger partial charge in [-0.1, -0.05) is 24.9 Å². The van der Waals surface area contributed by atoms with Gasteiger partial charge in [0.2, 0.25) is 5.88 Å². The van der Waals surface area contributed by atoms with Crippen molar-refractivity contribution in [2.24, 2.45) is 0 Å². The average Bonchev–Trinajstić information content (AvgIpc) is 2.70. The lowest BCUT2D eigenvalue weighted by atomic mass is 10.2. The molecule has 0 radical (unpaired) electrons. The minimum Gasteiger partial charge on any atom is -0.493 e. The Morgan fingerprint density at radius 1 is 1.59 bits per heavy atom. The van der Waals surface area contributed by atoms with Crippen LogP contribution >= 0.6 is 22.9 Å². The summed E-state index contributed by atoms with van der Waals surface area (Å²) in [4.78, 5) is 19.1. The van der Waals surface area contributed by atoms with E-state index in [4.69, 9.17) is 11.6 Å². The fraction of sp³-hybridized carbons (Fsp3) is 0.273. The number of aromatic nitrogens is 2. The van der Waals surface area contributed by atoms with E-state index in [1.165, 1.54) is 11.3 Å². The lowest BCUT2D eigenvalue weighted by molar-refractivity contribution is 0.443. The van der Waals surface area contributed by atoms with Crippen molar-refractivity contribution >= 4 is 22.9 Å². The van der Waals surface area contributed by atoms with Gasteiger partial charge in [0.1, 0.15) is 0 Å². The minimum atomic E-state index is -0.293. The Kier molecular flexibility index (Phi) is 3.49. The van der Waals surface area contributed by atoms with Gasteiger partial charge in [-0.2, -0.15) is 4.98 Å². The topological polar surface area (TPSA) is 66.0 Å². The molecule has 0 aliphatic rings. The van der Waals surface area contributed by atoms with Crippen molar-refractivity contribution in [3.63, 3.8) is 0 Å². The molecule has 2 aromatic rings. The van der Waals surface area contributed by atoms with Crippen LogP contribution in [0, 0.1) is 0 Å². The van der Waals surface area contributed by atoms with Gasteiger partial charge in [0.25, 0.3) is 5.56 Å². The molecule has 0 saturated carbocycles. The summed E-state index contributed by atoms with van der Waals surface area (Å²) in [5.41, 5.74) is 0.0396. The van der Waals surface area contributed by atoms with Gasteiger partial charge in [0, 0.05) is 5.38 Å². The number of H-pyrrole nitrogens is 1. The summed E-state index contributed by atoms with van der Waals surface area (Å²) in [7, 11) is 0. The van der Waals surface area contributed by atoms with Crippen molar-refractivity contribution in [2.75, 3.05) is 0 Å². The number of aromatic amines is 1. The molecule has 0 aliphatic carbocycles. The molecule has 0 amide bonds. The van der Waals surface area contributed by atoms with Crippen molar-refractivity contribution in [3.05, 3.63) is 32.4 Å². The van der Waals surface area contributed by atoms with E-state index in [1.807, 2.05) is 6.92 Å². The maximum absolute atomic E-state index is 11.7. The van der Waals surface area contributed by atoms with Gasteiger partial charge < -0.3 is 10.1 Å². The molecule has 0 aromatic carbocycles. The van der Waals surface area contributed by atoms with Crippen molar-refractivity contribution in [1.82, 2.24) is 9.97 Å². The molecule has 0 fully saturated rings. The molecule has 2 rings (SSSR count). The number of hydrogen-bond acceptors (Lipinski definition) is 4. The number of aromatic hydroxyl groups is 1. The van der Waals surface area contributed by atoms with E-state index in [0.717, 1.165) is 11.3 Å². The van der Waals surface area contributed by atoms with E-state index in [-0.39, 0.29) is 11.4 Å². The van der Waals surface area contributed by atoms with Crippen LogP contribution in [0.4, 0.5) is 0 Å². The summed E-state index contributed by atoms with van der Waals surface area (Å²) in [5.74, 6) is 0.152. The second kappa shape index (κ2) is 4.89. The second-order valence-corrected chi connectivity index (χ2v) is 4.94. The molecule has 4 nitrogen and oxygen atoms in total. The number of nitrogens with zero attached hydrogens (tertiary/aromatic N) is 1. The Labute approximate surface area is 107 Å². The standard InChI is InChI=1S/C11H11ClN2O2S/c1-2-3-7-10(15)13-9(14-11(7)16)8-4-6(12)5-17-8/h4-5H,2-3H2,1H3,(H2,13,14,15,16). The molecule has 2 N–H and O–H groups in total. The molecule has 0 aliphatic heterocycles. The molecule has 2 aromatic heterocycles. The summed E-state index contributed by atoms with van der Waals surface area (Å²) in [6.45, 7) is 1.94. The first-order chi connectivity index (χ1) is 8.11. The van der Waals surface area contributed by atoms with Crippen LogP contribution in [0.5, 0.6) is 5.88 Å². The highest BCUT2D eigenvalue weighted by Gasteiger charge is 2.12. The highest BCUT2D eigenvalue weighted by atomic mass is 35.5. The van der Waals surface area contributed by atoms with Crippen LogP contribution in [-0.2, 0) is 6.42 Å². The first kappa shape index (κ1) is 12.1. The summed E-state index contributed by atoms with van der Waals surface area (Å²) in [6.07, 6.45) is 1.29. The number of rotatable bonds is 3. The van der Waals surface area contributed by atoms with E-state index in [1.54, 1.807) is 11.4 Å². The van der Waals surface area contributed by atoms with Gasteiger partial charge in [-0.05, 0) is 12.5 Å². The van der Waals surface area contributed by atoms with Crippen LogP contribution in [0.2, 0.25) is 5.02 Å². The smallest absolute Gasteiger partial charge is 0.258 e. The Hall–Kier alpha value is -1.33. The van der Waals surface area contributed by atoms with Crippen molar-refractivity contribution in [2.45, 2.75) is 19.8 Å². The van der Waals surface area contributed by atoms with E-state index in [0.29, 0.717) is 22.8 Å². The predicted molar refractivity (Wildman–Crippen MR) is 68.8 cm³/mol. The fourth-order valence-electron chi connectivity index (χ4n) is 1.52. The summed E-state index contributed by atoms with van der Waals surface area (Å²) in [6, 6.07) is 1.70. The van der Waals surface area contributed by atoms with E-state index in [9.17, 15) is 9.90 Å². The molecule has 0 spiro atoms. The molecule has 2 heterocycles. The van der Waals surface area contributed by atoms with Gasteiger partial charge in [-0.25, -0.2) is 0 Å². The molecular weight excluding hydrogens is 260 g/mol. The zero-order valence-corrected chi connectivity index (χ0v) is 10.7. The van der Waals surface area contributed by atoms with Gasteiger partial charge in [0.05, 0.1) is 15.5 Å². The normalized spacial score (nSPS) is 10.7. The lowest BCUT2D eigenvalue weighted by Gasteiger charge is -2.03. The zero-order valence-electron chi connectivity index (χ0n) is 9.16. The average molecular weight is 271 g/mol. The van der Waals surface area contributed by atoms with Gasteiger partial charge in [-0.15, -0.1) is 11.3 Å². The SMILES string of the molecule is CCCc1c(O)nc(-c2cc(Cl)cs2)[nH]c1=O. The molecule has 0 bridgehead atoms. The highest BCUT2D eigenvalue weighted by molar-refractivity contribution is 7.14. The van der Waals surface area contributed by atoms with Crippen LogP contribution < -0.4 is 5.56 Å². The fourth-order valence-corrected chi connectivity index (χ4v) is 2.53. The van der Waals surface area contributed by atoms with Crippen molar-refractivity contribution in [1.29, 1.82) is 0 Å². The molecular formula is C11H11ClN2O2S. The number of hydrogen-bond donors (Lipinski definition) is 2. The van der Waals surface area contributed by atoms with Crippen LogP contribution in [0.1, 0.15) is 18.9 Å². The quantitative estimate of drug-likeness (QED) is 0.901. The monoisotopic (exact) mass is 270 g/mol. The summed E-state index contributed by atoms with van der Waals surface area (Å²) < 4.78 is 0. The maximum atomic E-state index is 11.7. The van der Waals surface area contributed by atoms with Crippen LogP contribution in [-0.4, -0.2) is 15.1 Å². The molecule has 17 heavy (non-hydrogen) atoms. The number of thiophene rings is 1. The third kappa shape index (κ3) is 2.50. The zero-order chi connectivity index (χ0) is 12.4. The van der Waals surface area contributed by atoms with Crippen LogP contribution in [0.3, 0.4) is 0 Å². The van der Waals surface area contributed by atoms with Gasteiger partial charge >= 0.3 is 0 Å². The lowest BCUT2D eigenvalue weighted by Crippen LogP contribution is -2.14. The first-order valence-corrected chi connectivity index (χ1v) is 6.44. The number of halogens is 1. The van der Waals surface area contributed by atoms with Gasteiger partial charge in [-0.3, -0.25) is 4.79 Å². The van der Waals surface area contributed by atoms with Crippen molar-refractivity contribution in [3.8, 4) is 16.6 Å². The minimum absolute atomic E-state index is 0.199. The molecule has 0 atom stereocenters. The van der Waals surface area contributed by atoms with Crippen LogP contribution in [0.25, 0.3) is 10.7 Å². The predicted octanol–water partition coefficient (Wildman–Crippen LogP) is 2.81. The Morgan fingerprint density at radius 3 is 2.88 bits per heavy atom. The van der Waals surface area contributed by atoms with E-state index < -0.39 is 0 Å². The third-order valence-electron chi connectivity index (χ3n) is 2.29. The third-order valence-corrected chi connectivity index (χ3v) is 3.58. The Morgan fingerprint density at radius 2 is 2.35 bits per heavy atom. The summed E-state index contributed by atoms with van der Waals surface area (Å²) >= 11 is 7.16. The first-order valence-electron chi connectivity index (χ1n) is 5.18. The van der Waals surface area contributed by atoms with Gasteiger partial charge in [0.15, 0.2) is 5.82 Å². The molecule has 0 unspecified atom stereocenters. The molecule has 6 heteroatoms. The molecule has 90 valence electrons. The number of nitrogens with one attached hydrogen (secondary N) is 1. The van der Waals surface area contributed by atoms with Crippen molar-refractivity contribution < 1.29 is 5.11 Å². The van der Waals surface area contributed by atoms with Crippen LogP contribution in [0.15, 0.2) is 16.2 Å². The Bertz CT molecular complexity index is 591. The second-order valence-electron chi connectivity index (χ2n) is 3.60. The van der Waals surface area contributed by atoms with E-state index >= 15 is 0 Å².